The van der Waals surface area contributed by atoms with E-state index in [9.17, 15) is 13.2 Å². The Morgan fingerprint density at radius 3 is 2.58 bits per heavy atom. The van der Waals surface area contributed by atoms with Crippen LogP contribution in [0.25, 0.3) is 6.08 Å². The first kappa shape index (κ1) is 18.0. The molecule has 2 aromatic carbocycles. The maximum absolute atomic E-state index is 11.9. The van der Waals surface area contributed by atoms with Crippen molar-refractivity contribution in [1.29, 1.82) is 0 Å². The standard InChI is InChI=1S/C18H18N2O5S/c1-19-26(22,23)15-6-2-13(3-7-15)5-9-18(21)20-11-14-4-8-16-17(10-14)25-12-24-16/h2-10,19H,11-12H2,1H3,(H,20,21)/b9-5+. The van der Waals surface area contributed by atoms with Gasteiger partial charge in [-0.2, -0.15) is 0 Å². The normalized spacial score (nSPS) is 13.1. The van der Waals surface area contributed by atoms with Crippen LogP contribution >= 0.6 is 0 Å². The van der Waals surface area contributed by atoms with E-state index in [0.717, 1.165) is 11.1 Å². The van der Waals surface area contributed by atoms with Gasteiger partial charge in [0.15, 0.2) is 11.5 Å². The maximum atomic E-state index is 11.9. The molecule has 1 heterocycles. The van der Waals surface area contributed by atoms with E-state index in [2.05, 4.69) is 10.0 Å². The van der Waals surface area contributed by atoms with Crippen molar-refractivity contribution in [3.8, 4) is 11.5 Å². The summed E-state index contributed by atoms with van der Waals surface area (Å²) in [5.41, 5.74) is 1.62. The summed E-state index contributed by atoms with van der Waals surface area (Å²) >= 11 is 0. The van der Waals surface area contributed by atoms with Gasteiger partial charge in [-0.1, -0.05) is 18.2 Å². The maximum Gasteiger partial charge on any atom is 0.244 e. The number of rotatable bonds is 6. The lowest BCUT2D eigenvalue weighted by atomic mass is 10.2. The average molecular weight is 374 g/mol. The highest BCUT2D eigenvalue weighted by molar-refractivity contribution is 7.89. The smallest absolute Gasteiger partial charge is 0.244 e. The van der Waals surface area contributed by atoms with Gasteiger partial charge in [-0.3, -0.25) is 4.79 Å². The molecule has 1 amide bonds. The van der Waals surface area contributed by atoms with Gasteiger partial charge in [-0.15, -0.1) is 0 Å². The van der Waals surface area contributed by atoms with Crippen molar-refractivity contribution in [2.75, 3.05) is 13.8 Å². The number of nitrogens with one attached hydrogen (secondary N) is 2. The molecule has 26 heavy (non-hydrogen) atoms. The zero-order valence-corrected chi connectivity index (χ0v) is 14.9. The number of carbonyl (C=O) groups is 1. The van der Waals surface area contributed by atoms with Crippen molar-refractivity contribution in [3.63, 3.8) is 0 Å². The van der Waals surface area contributed by atoms with Crippen molar-refractivity contribution in [2.45, 2.75) is 11.4 Å². The Bertz CT molecular complexity index is 937. The lowest BCUT2D eigenvalue weighted by molar-refractivity contribution is -0.116. The number of sulfonamides is 1. The summed E-state index contributed by atoms with van der Waals surface area (Å²) in [4.78, 5) is 12.1. The molecule has 2 N–H and O–H groups in total. The first-order chi connectivity index (χ1) is 12.5. The van der Waals surface area contributed by atoms with E-state index < -0.39 is 10.0 Å². The van der Waals surface area contributed by atoms with Crippen LogP contribution in [0.15, 0.2) is 53.4 Å². The highest BCUT2D eigenvalue weighted by Crippen LogP contribution is 2.32. The summed E-state index contributed by atoms with van der Waals surface area (Å²) in [6.45, 7) is 0.571. The van der Waals surface area contributed by atoms with E-state index >= 15 is 0 Å². The number of hydrogen-bond acceptors (Lipinski definition) is 5. The minimum Gasteiger partial charge on any atom is -0.454 e. The molecule has 1 aliphatic rings. The summed E-state index contributed by atoms with van der Waals surface area (Å²) in [5.74, 6) is 1.11. The second kappa shape index (κ2) is 7.59. The second-order valence-electron chi connectivity index (χ2n) is 5.52. The molecule has 3 rings (SSSR count). The van der Waals surface area contributed by atoms with E-state index in [1.165, 1.54) is 25.3 Å². The van der Waals surface area contributed by atoms with Gasteiger partial charge in [0.05, 0.1) is 4.90 Å². The van der Waals surface area contributed by atoms with Crippen LogP contribution in [0, 0.1) is 0 Å². The summed E-state index contributed by atoms with van der Waals surface area (Å²) in [6, 6.07) is 11.7. The van der Waals surface area contributed by atoms with Crippen LogP contribution in [-0.4, -0.2) is 28.2 Å². The molecule has 0 fully saturated rings. The first-order valence-electron chi connectivity index (χ1n) is 7.86. The molecule has 1 aliphatic heterocycles. The van der Waals surface area contributed by atoms with E-state index in [1.807, 2.05) is 12.1 Å². The molecule has 0 aromatic heterocycles. The Hall–Kier alpha value is -2.84. The molecule has 0 saturated carbocycles. The van der Waals surface area contributed by atoms with Crippen LogP contribution < -0.4 is 19.5 Å². The molecule has 0 saturated heterocycles. The van der Waals surface area contributed by atoms with Gasteiger partial charge >= 0.3 is 0 Å². The molecule has 7 nitrogen and oxygen atoms in total. The fourth-order valence-electron chi connectivity index (χ4n) is 2.35. The lowest BCUT2D eigenvalue weighted by Crippen LogP contribution is -2.20. The molecule has 0 atom stereocenters. The van der Waals surface area contributed by atoms with Crippen molar-refractivity contribution in [2.24, 2.45) is 0 Å². The van der Waals surface area contributed by atoms with E-state index in [-0.39, 0.29) is 17.6 Å². The van der Waals surface area contributed by atoms with Gasteiger partial charge in [0.25, 0.3) is 0 Å². The van der Waals surface area contributed by atoms with Crippen molar-refractivity contribution < 1.29 is 22.7 Å². The number of benzene rings is 2. The Labute approximate surface area is 151 Å². The minimum absolute atomic E-state index is 0.171. The first-order valence-corrected chi connectivity index (χ1v) is 9.34. The lowest BCUT2D eigenvalue weighted by Gasteiger charge is -2.04. The topological polar surface area (TPSA) is 93.7 Å². The van der Waals surface area contributed by atoms with Gasteiger partial charge in [0.2, 0.25) is 22.7 Å². The molecule has 8 heteroatoms. The third-order valence-electron chi connectivity index (χ3n) is 3.79. The zero-order chi connectivity index (χ0) is 18.6. The molecular weight excluding hydrogens is 356 g/mol. The van der Waals surface area contributed by atoms with Crippen molar-refractivity contribution in [3.05, 3.63) is 59.7 Å². The Kier molecular flexibility index (Phi) is 5.24. The minimum atomic E-state index is -3.46. The quantitative estimate of drug-likeness (QED) is 0.750. The molecule has 0 spiro atoms. The van der Waals surface area contributed by atoms with E-state index in [4.69, 9.17) is 9.47 Å². The zero-order valence-electron chi connectivity index (χ0n) is 14.1. The molecule has 0 aliphatic carbocycles. The van der Waals surface area contributed by atoms with Crippen molar-refractivity contribution >= 4 is 22.0 Å². The van der Waals surface area contributed by atoms with Gasteiger partial charge < -0.3 is 14.8 Å². The molecule has 2 aromatic rings. The summed E-state index contributed by atoms with van der Waals surface area (Å²) < 4.78 is 36.1. The Morgan fingerprint density at radius 2 is 1.85 bits per heavy atom. The predicted octanol–water partition coefficient (Wildman–Crippen LogP) is 1.65. The highest BCUT2D eigenvalue weighted by Gasteiger charge is 2.13. The Morgan fingerprint density at radius 1 is 1.12 bits per heavy atom. The van der Waals surface area contributed by atoms with Crippen LogP contribution in [-0.2, 0) is 21.4 Å². The highest BCUT2D eigenvalue weighted by atomic mass is 32.2. The van der Waals surface area contributed by atoms with E-state index in [1.54, 1.807) is 24.3 Å². The molecular formula is C18H18N2O5S. The predicted molar refractivity (Wildman–Crippen MR) is 96.1 cm³/mol. The van der Waals surface area contributed by atoms with Gasteiger partial charge in [0, 0.05) is 12.6 Å². The van der Waals surface area contributed by atoms with Gasteiger partial charge in [-0.25, -0.2) is 13.1 Å². The number of carbonyl (C=O) groups excluding carboxylic acids is 1. The fourth-order valence-corrected chi connectivity index (χ4v) is 3.08. The summed E-state index contributed by atoms with van der Waals surface area (Å²) in [5, 5.41) is 2.78. The molecule has 0 bridgehead atoms. The number of ether oxygens (including phenoxy) is 2. The summed E-state index contributed by atoms with van der Waals surface area (Å²) in [6.07, 6.45) is 3.01. The third kappa shape index (κ3) is 4.22. The third-order valence-corrected chi connectivity index (χ3v) is 5.22. The number of amides is 1. The Balaban J connectivity index is 1.56. The summed E-state index contributed by atoms with van der Waals surface area (Å²) in [7, 11) is -2.11. The molecule has 0 unspecified atom stereocenters. The monoisotopic (exact) mass is 374 g/mol. The van der Waals surface area contributed by atoms with Crippen LogP contribution in [0.1, 0.15) is 11.1 Å². The average Bonchev–Trinajstić information content (AvgIpc) is 3.13. The van der Waals surface area contributed by atoms with Gasteiger partial charge in [0.1, 0.15) is 0 Å². The molecule has 136 valence electrons. The number of hydrogen-bond donors (Lipinski definition) is 2. The van der Waals surface area contributed by atoms with Crippen LogP contribution in [0.2, 0.25) is 0 Å². The van der Waals surface area contributed by atoms with Crippen LogP contribution in [0.3, 0.4) is 0 Å². The van der Waals surface area contributed by atoms with E-state index in [0.29, 0.717) is 18.0 Å². The number of fused-ring (bicyclic) bond motifs is 1. The van der Waals surface area contributed by atoms with Crippen LogP contribution in [0.4, 0.5) is 0 Å². The molecule has 0 radical (unpaired) electrons. The SMILES string of the molecule is CNS(=O)(=O)c1ccc(/C=C/C(=O)NCc2ccc3c(c2)OCO3)cc1. The largest absolute Gasteiger partial charge is 0.454 e. The second-order valence-corrected chi connectivity index (χ2v) is 7.40. The fraction of sp³-hybridized carbons (Fsp3) is 0.167. The van der Waals surface area contributed by atoms with Gasteiger partial charge in [-0.05, 0) is 48.5 Å². The van der Waals surface area contributed by atoms with Crippen LogP contribution in [0.5, 0.6) is 11.5 Å². The van der Waals surface area contributed by atoms with Crippen molar-refractivity contribution in [1.82, 2.24) is 10.0 Å².